The van der Waals surface area contributed by atoms with Gasteiger partial charge in [-0.2, -0.15) is 0 Å². The Hall–Kier alpha value is -3.19. The highest BCUT2D eigenvalue weighted by Gasteiger charge is 2.16. The largest absolute Gasteiger partial charge is 0.356 e. The lowest BCUT2D eigenvalue weighted by Crippen LogP contribution is -2.22. The number of rotatable bonds is 6. The lowest BCUT2D eigenvalue weighted by molar-refractivity contribution is 0.426. The molecule has 0 bridgehead atoms. The highest BCUT2D eigenvalue weighted by atomic mass is 32.2. The summed E-state index contributed by atoms with van der Waals surface area (Å²) in [4.78, 5) is 17.5. The van der Waals surface area contributed by atoms with Crippen LogP contribution in [0.3, 0.4) is 0 Å². The summed E-state index contributed by atoms with van der Waals surface area (Å²) in [5.74, 6) is 0.790. The molecule has 0 amide bonds. The predicted molar refractivity (Wildman–Crippen MR) is 112 cm³/mol. The maximum Gasteiger partial charge on any atom is 0.262 e. The molecule has 0 saturated carbocycles. The van der Waals surface area contributed by atoms with Crippen molar-refractivity contribution in [3.63, 3.8) is 0 Å². The monoisotopic (exact) mass is 407 g/mol. The fourth-order valence-corrected chi connectivity index (χ4v) is 4.07. The molecule has 7 heteroatoms. The Morgan fingerprint density at radius 1 is 1.21 bits per heavy atom. The van der Waals surface area contributed by atoms with E-state index in [1.807, 2.05) is 25.1 Å². The summed E-state index contributed by atoms with van der Waals surface area (Å²) in [5.41, 5.74) is 2.95. The molecule has 0 atom stereocenters. The van der Waals surface area contributed by atoms with Crippen molar-refractivity contribution in [3.8, 4) is 11.3 Å². The van der Waals surface area contributed by atoms with Crippen LogP contribution < -0.4 is 5.56 Å². The minimum Gasteiger partial charge on any atom is -0.356 e. The molecule has 2 aromatic heterocycles. The average Bonchev–Trinajstić information content (AvgIpc) is 3.10. The summed E-state index contributed by atoms with van der Waals surface area (Å²) in [7, 11) is 0. The summed E-state index contributed by atoms with van der Waals surface area (Å²) >= 11 is 1.42. The van der Waals surface area contributed by atoms with Crippen molar-refractivity contribution in [1.29, 1.82) is 0 Å². The molecule has 0 N–H and O–H groups in total. The molecule has 29 heavy (non-hydrogen) atoms. The third-order valence-corrected chi connectivity index (χ3v) is 5.59. The van der Waals surface area contributed by atoms with Crippen LogP contribution in [0, 0.1) is 12.7 Å². The third-order valence-electron chi connectivity index (χ3n) is 4.60. The zero-order valence-corrected chi connectivity index (χ0v) is 16.6. The van der Waals surface area contributed by atoms with Gasteiger partial charge in [0, 0.05) is 23.4 Å². The number of halogens is 1. The highest BCUT2D eigenvalue weighted by molar-refractivity contribution is 7.98. The maximum atomic E-state index is 13.2. The first-order valence-corrected chi connectivity index (χ1v) is 10.0. The van der Waals surface area contributed by atoms with E-state index in [4.69, 9.17) is 4.52 Å². The van der Waals surface area contributed by atoms with Crippen molar-refractivity contribution < 1.29 is 8.91 Å². The molecule has 0 fully saturated rings. The molecular formula is C22H18FN3O2S. The number of hydrogen-bond acceptors (Lipinski definition) is 5. The van der Waals surface area contributed by atoms with Crippen LogP contribution in [-0.2, 0) is 12.3 Å². The lowest BCUT2D eigenvalue weighted by Gasteiger charge is -2.10. The first-order valence-electron chi connectivity index (χ1n) is 9.03. The molecule has 5 nitrogen and oxygen atoms in total. The fourth-order valence-electron chi connectivity index (χ4n) is 3.05. The first kappa shape index (κ1) is 19.1. The maximum absolute atomic E-state index is 13.2. The number of aromatic nitrogens is 3. The van der Waals surface area contributed by atoms with Gasteiger partial charge < -0.3 is 4.52 Å². The molecule has 0 aliphatic rings. The van der Waals surface area contributed by atoms with Crippen LogP contribution in [0.1, 0.15) is 11.3 Å². The van der Waals surface area contributed by atoms with Gasteiger partial charge in [0.2, 0.25) is 0 Å². The zero-order chi connectivity index (χ0) is 20.4. The molecule has 4 rings (SSSR count). The summed E-state index contributed by atoms with van der Waals surface area (Å²) in [6, 6.07) is 13.4. The normalized spacial score (nSPS) is 11.1. The Morgan fingerprint density at radius 2 is 1.97 bits per heavy atom. The second-order valence-electron chi connectivity index (χ2n) is 6.49. The quantitative estimate of drug-likeness (QED) is 0.256. The van der Waals surface area contributed by atoms with Gasteiger partial charge in [0.05, 0.1) is 16.6 Å². The van der Waals surface area contributed by atoms with Crippen molar-refractivity contribution in [3.05, 3.63) is 88.6 Å². The SMILES string of the molecule is C=CCn1c(SCc2noc(-c3ccc(F)cc3)c2C)nc2ccccc2c1=O. The fraction of sp³-hybridized carbons (Fsp3) is 0.136. The summed E-state index contributed by atoms with van der Waals surface area (Å²) < 4.78 is 20.3. The minimum atomic E-state index is -0.302. The molecule has 0 aliphatic carbocycles. The topological polar surface area (TPSA) is 60.9 Å². The molecule has 4 aromatic rings. The Morgan fingerprint density at radius 3 is 2.72 bits per heavy atom. The van der Waals surface area contributed by atoms with E-state index in [-0.39, 0.29) is 11.4 Å². The molecule has 0 aliphatic heterocycles. The van der Waals surface area contributed by atoms with Gasteiger partial charge in [-0.15, -0.1) is 6.58 Å². The minimum absolute atomic E-state index is 0.0955. The second kappa shape index (κ2) is 8.05. The molecule has 0 spiro atoms. The molecule has 0 saturated heterocycles. The van der Waals surface area contributed by atoms with Gasteiger partial charge in [-0.3, -0.25) is 9.36 Å². The van der Waals surface area contributed by atoms with Gasteiger partial charge in [-0.1, -0.05) is 35.1 Å². The van der Waals surface area contributed by atoms with E-state index >= 15 is 0 Å². The van der Waals surface area contributed by atoms with E-state index in [0.29, 0.717) is 34.1 Å². The van der Waals surface area contributed by atoms with E-state index in [1.54, 1.807) is 28.8 Å². The molecular weight excluding hydrogens is 389 g/mol. The van der Waals surface area contributed by atoms with Gasteiger partial charge >= 0.3 is 0 Å². The van der Waals surface area contributed by atoms with Gasteiger partial charge in [-0.05, 0) is 43.3 Å². The first-order chi connectivity index (χ1) is 14.1. The Bertz CT molecular complexity index is 1250. The van der Waals surface area contributed by atoms with Gasteiger partial charge in [0.25, 0.3) is 5.56 Å². The number of hydrogen-bond donors (Lipinski definition) is 0. The smallest absolute Gasteiger partial charge is 0.262 e. The zero-order valence-electron chi connectivity index (χ0n) is 15.8. The molecule has 0 unspecified atom stereocenters. The van der Waals surface area contributed by atoms with Crippen LogP contribution in [0.4, 0.5) is 4.39 Å². The van der Waals surface area contributed by atoms with Crippen molar-refractivity contribution in [2.75, 3.05) is 0 Å². The molecule has 0 radical (unpaired) electrons. The lowest BCUT2D eigenvalue weighted by atomic mass is 10.1. The average molecular weight is 407 g/mol. The van der Waals surface area contributed by atoms with E-state index in [9.17, 15) is 9.18 Å². The number of benzene rings is 2. The van der Waals surface area contributed by atoms with Gasteiger partial charge in [0.15, 0.2) is 10.9 Å². The summed E-state index contributed by atoms with van der Waals surface area (Å²) in [5, 5.41) is 5.34. The van der Waals surface area contributed by atoms with Crippen LogP contribution in [-0.4, -0.2) is 14.7 Å². The Kier molecular flexibility index (Phi) is 5.31. The van der Waals surface area contributed by atoms with Crippen molar-refractivity contribution in [1.82, 2.24) is 14.7 Å². The molecule has 2 aromatic carbocycles. The molecule has 146 valence electrons. The van der Waals surface area contributed by atoms with Gasteiger partial charge in [-0.25, -0.2) is 9.37 Å². The second-order valence-corrected chi connectivity index (χ2v) is 7.44. The van der Waals surface area contributed by atoms with Crippen LogP contribution in [0.15, 0.2) is 75.7 Å². The number of fused-ring (bicyclic) bond motifs is 1. The van der Waals surface area contributed by atoms with E-state index < -0.39 is 0 Å². The third kappa shape index (κ3) is 3.73. The van der Waals surface area contributed by atoms with Crippen LogP contribution in [0.25, 0.3) is 22.2 Å². The van der Waals surface area contributed by atoms with Crippen molar-refractivity contribution in [2.24, 2.45) is 0 Å². The summed E-state index contributed by atoms with van der Waals surface area (Å²) in [6.07, 6.45) is 1.68. The number of allylic oxidation sites excluding steroid dienone is 1. The number of thioether (sulfide) groups is 1. The molecule has 2 heterocycles. The van der Waals surface area contributed by atoms with Crippen molar-refractivity contribution >= 4 is 22.7 Å². The number of para-hydroxylation sites is 1. The Labute approximate surface area is 170 Å². The summed E-state index contributed by atoms with van der Waals surface area (Å²) in [6.45, 7) is 6.03. The van der Waals surface area contributed by atoms with Gasteiger partial charge in [0.1, 0.15) is 5.82 Å². The van der Waals surface area contributed by atoms with Crippen LogP contribution in [0.2, 0.25) is 0 Å². The van der Waals surface area contributed by atoms with Crippen LogP contribution >= 0.6 is 11.8 Å². The predicted octanol–water partition coefficient (Wildman–Crippen LogP) is 4.98. The van der Waals surface area contributed by atoms with Crippen molar-refractivity contribution in [2.45, 2.75) is 24.4 Å². The van der Waals surface area contributed by atoms with E-state index in [1.165, 1.54) is 23.9 Å². The Balaban J connectivity index is 1.65. The highest BCUT2D eigenvalue weighted by Crippen LogP contribution is 2.29. The van der Waals surface area contributed by atoms with Crippen LogP contribution in [0.5, 0.6) is 0 Å². The van der Waals surface area contributed by atoms with E-state index in [2.05, 4.69) is 16.7 Å². The standard InChI is InChI=1S/C22H18FN3O2S/c1-3-12-26-21(27)17-6-4-5-7-18(17)24-22(26)29-13-19-14(2)20(28-25-19)15-8-10-16(23)11-9-15/h3-11H,1,12-13H2,2H3. The number of nitrogens with zero attached hydrogens (tertiary/aromatic N) is 3. The van der Waals surface area contributed by atoms with E-state index in [0.717, 1.165) is 16.8 Å².